The predicted octanol–water partition coefficient (Wildman–Crippen LogP) is 5.57. The third-order valence-electron chi connectivity index (χ3n) is 6.58. The van der Waals surface area contributed by atoms with Gasteiger partial charge in [-0.1, -0.05) is 12.5 Å². The number of benzene rings is 1. The van der Waals surface area contributed by atoms with Crippen molar-refractivity contribution < 1.29 is 14.6 Å². The van der Waals surface area contributed by atoms with E-state index in [1.54, 1.807) is 11.6 Å². The van der Waals surface area contributed by atoms with E-state index in [9.17, 15) is 4.79 Å². The standard InChI is InChI=1S/C28H37N5O3S/c29-23-10-9-21(8-7-16-33-14-4-2-5-15-33)18-25(23)36-17-6-1-3-12-30-26-19-22(11-13-31-26)27-32-24(20-37-27)28(34)35/h9-11,13,18-20H,1-8,12,14-17,29H2,(H,30,31)(H,34,35). The third-order valence-corrected chi connectivity index (χ3v) is 7.47. The average molecular weight is 524 g/mol. The quantitative estimate of drug-likeness (QED) is 0.186. The molecule has 0 aliphatic carbocycles. The molecule has 9 heteroatoms. The minimum Gasteiger partial charge on any atom is -0.491 e. The number of anilines is 2. The molecule has 37 heavy (non-hydrogen) atoms. The molecular weight excluding hydrogens is 486 g/mol. The summed E-state index contributed by atoms with van der Waals surface area (Å²) in [5.74, 6) is 0.533. The lowest BCUT2D eigenvalue weighted by Crippen LogP contribution is -2.30. The molecule has 2 aromatic heterocycles. The molecule has 1 fully saturated rings. The molecule has 3 aromatic rings. The van der Waals surface area contributed by atoms with E-state index in [2.05, 4.69) is 32.3 Å². The van der Waals surface area contributed by atoms with Gasteiger partial charge in [-0.25, -0.2) is 14.8 Å². The molecule has 0 amide bonds. The molecule has 1 aliphatic heterocycles. The normalized spacial score (nSPS) is 13.9. The highest BCUT2D eigenvalue weighted by Crippen LogP contribution is 2.26. The van der Waals surface area contributed by atoms with E-state index in [1.165, 1.54) is 62.2 Å². The lowest BCUT2D eigenvalue weighted by molar-refractivity contribution is 0.0691. The fourth-order valence-corrected chi connectivity index (χ4v) is 5.31. The van der Waals surface area contributed by atoms with Gasteiger partial charge in [0.15, 0.2) is 5.69 Å². The number of nitrogen functional groups attached to an aromatic ring is 1. The Morgan fingerprint density at radius 3 is 2.78 bits per heavy atom. The Morgan fingerprint density at radius 1 is 1.11 bits per heavy atom. The Bertz CT molecular complexity index is 1150. The summed E-state index contributed by atoms with van der Waals surface area (Å²) in [6, 6.07) is 9.92. The second-order valence-electron chi connectivity index (χ2n) is 9.49. The number of hydrogen-bond donors (Lipinski definition) is 3. The smallest absolute Gasteiger partial charge is 0.355 e. The molecule has 4 rings (SSSR count). The van der Waals surface area contributed by atoms with Crippen LogP contribution in [0, 0.1) is 0 Å². The number of nitrogens with one attached hydrogen (secondary N) is 1. The van der Waals surface area contributed by atoms with Crippen LogP contribution in [0.15, 0.2) is 41.9 Å². The van der Waals surface area contributed by atoms with Gasteiger partial charge in [0, 0.05) is 23.7 Å². The first-order chi connectivity index (χ1) is 18.1. The van der Waals surface area contributed by atoms with Crippen LogP contribution in [0.1, 0.15) is 61.0 Å². The third kappa shape index (κ3) is 8.43. The number of carbonyl (C=O) groups is 1. The number of aromatic carboxylic acids is 1. The highest BCUT2D eigenvalue weighted by atomic mass is 32.1. The minimum atomic E-state index is -1.02. The molecule has 0 saturated carbocycles. The maximum atomic E-state index is 11.1. The van der Waals surface area contributed by atoms with Gasteiger partial charge in [-0.15, -0.1) is 11.3 Å². The van der Waals surface area contributed by atoms with Crippen molar-refractivity contribution in [1.29, 1.82) is 0 Å². The minimum absolute atomic E-state index is 0.0647. The van der Waals surface area contributed by atoms with Crippen LogP contribution in [0.4, 0.5) is 11.5 Å². The zero-order chi connectivity index (χ0) is 25.9. The van der Waals surface area contributed by atoms with Crippen molar-refractivity contribution in [3.05, 3.63) is 53.2 Å². The summed E-state index contributed by atoms with van der Waals surface area (Å²) in [5, 5.41) is 14.6. The van der Waals surface area contributed by atoms with Crippen molar-refractivity contribution in [1.82, 2.24) is 14.9 Å². The van der Waals surface area contributed by atoms with Gasteiger partial charge in [0.25, 0.3) is 0 Å². The summed E-state index contributed by atoms with van der Waals surface area (Å²) >= 11 is 1.31. The molecule has 1 saturated heterocycles. The van der Waals surface area contributed by atoms with E-state index in [4.69, 9.17) is 15.6 Å². The zero-order valence-electron chi connectivity index (χ0n) is 21.3. The number of thiazole rings is 1. The van der Waals surface area contributed by atoms with E-state index in [-0.39, 0.29) is 5.69 Å². The van der Waals surface area contributed by atoms with Crippen LogP contribution < -0.4 is 15.8 Å². The van der Waals surface area contributed by atoms with E-state index in [1.807, 2.05) is 18.2 Å². The summed E-state index contributed by atoms with van der Waals surface area (Å²) in [6.07, 6.45) is 10.9. The second-order valence-corrected chi connectivity index (χ2v) is 10.3. The highest BCUT2D eigenvalue weighted by molar-refractivity contribution is 7.13. The molecule has 0 radical (unpaired) electrons. The molecule has 0 spiro atoms. The molecule has 0 bridgehead atoms. The van der Waals surface area contributed by atoms with E-state index in [0.29, 0.717) is 17.3 Å². The Labute approximate surface area is 222 Å². The summed E-state index contributed by atoms with van der Waals surface area (Å²) in [6.45, 7) is 5.10. The summed E-state index contributed by atoms with van der Waals surface area (Å²) in [7, 11) is 0. The first kappa shape index (κ1) is 26.9. The van der Waals surface area contributed by atoms with Crippen LogP contribution in [0.5, 0.6) is 5.75 Å². The van der Waals surface area contributed by atoms with Crippen LogP contribution in [0.25, 0.3) is 10.6 Å². The first-order valence-electron chi connectivity index (χ1n) is 13.2. The first-order valence-corrected chi connectivity index (χ1v) is 14.1. The van der Waals surface area contributed by atoms with Crippen LogP contribution >= 0.6 is 11.3 Å². The topological polar surface area (TPSA) is 114 Å². The Kier molecular flexibility index (Phi) is 10.1. The fraction of sp³-hybridized carbons (Fsp3) is 0.464. The molecule has 1 aromatic carbocycles. The lowest BCUT2D eigenvalue weighted by atomic mass is 10.1. The second kappa shape index (κ2) is 13.9. The number of ether oxygens (including phenoxy) is 1. The molecule has 3 heterocycles. The number of hydrogen-bond acceptors (Lipinski definition) is 8. The number of carboxylic acids is 1. The van der Waals surface area contributed by atoms with Gasteiger partial charge in [0.05, 0.1) is 12.3 Å². The van der Waals surface area contributed by atoms with Crippen molar-refractivity contribution in [3.63, 3.8) is 0 Å². The number of likely N-dealkylation sites (tertiary alicyclic amines) is 1. The molecule has 198 valence electrons. The summed E-state index contributed by atoms with van der Waals surface area (Å²) in [4.78, 5) is 22.2. The van der Waals surface area contributed by atoms with Gasteiger partial charge < -0.3 is 25.8 Å². The van der Waals surface area contributed by atoms with Gasteiger partial charge in [0.1, 0.15) is 16.6 Å². The number of nitrogens with two attached hydrogens (primary N) is 1. The number of piperidine rings is 1. The number of pyridine rings is 1. The van der Waals surface area contributed by atoms with E-state index in [0.717, 1.165) is 49.4 Å². The fourth-order valence-electron chi connectivity index (χ4n) is 4.52. The number of unbranched alkanes of at least 4 members (excludes halogenated alkanes) is 2. The van der Waals surface area contributed by atoms with Gasteiger partial charge in [-0.3, -0.25) is 0 Å². The number of aryl methyl sites for hydroxylation is 1. The maximum Gasteiger partial charge on any atom is 0.355 e. The van der Waals surface area contributed by atoms with Gasteiger partial charge in [0.2, 0.25) is 0 Å². The van der Waals surface area contributed by atoms with Crippen LogP contribution in [0.2, 0.25) is 0 Å². The summed E-state index contributed by atoms with van der Waals surface area (Å²) in [5.41, 5.74) is 9.06. The number of carboxylic acid groups (broad SMARTS) is 1. The van der Waals surface area contributed by atoms with Gasteiger partial charge in [-0.2, -0.15) is 0 Å². The van der Waals surface area contributed by atoms with Crippen LogP contribution in [-0.4, -0.2) is 58.7 Å². The van der Waals surface area contributed by atoms with Crippen LogP contribution in [0.3, 0.4) is 0 Å². The average Bonchev–Trinajstić information content (AvgIpc) is 3.42. The Morgan fingerprint density at radius 2 is 1.97 bits per heavy atom. The Balaban J connectivity index is 1.13. The highest BCUT2D eigenvalue weighted by Gasteiger charge is 2.11. The van der Waals surface area contributed by atoms with Gasteiger partial charge in [-0.05, 0) is 94.4 Å². The lowest BCUT2D eigenvalue weighted by Gasteiger charge is -2.26. The monoisotopic (exact) mass is 523 g/mol. The van der Waals surface area contributed by atoms with Crippen molar-refractivity contribution >= 4 is 28.8 Å². The summed E-state index contributed by atoms with van der Waals surface area (Å²) < 4.78 is 6.01. The van der Waals surface area contributed by atoms with E-state index >= 15 is 0 Å². The SMILES string of the molecule is Nc1ccc(CCCN2CCCCC2)cc1OCCCCCNc1cc(-c2nc(C(=O)O)cs2)ccn1. The Hall–Kier alpha value is -3.17. The zero-order valence-corrected chi connectivity index (χ0v) is 22.1. The van der Waals surface area contributed by atoms with Crippen molar-refractivity contribution in [2.75, 3.05) is 43.8 Å². The van der Waals surface area contributed by atoms with Crippen molar-refractivity contribution in [2.45, 2.75) is 51.4 Å². The number of rotatable bonds is 14. The van der Waals surface area contributed by atoms with Crippen molar-refractivity contribution in [2.24, 2.45) is 0 Å². The van der Waals surface area contributed by atoms with E-state index < -0.39 is 5.97 Å². The molecular formula is C28H37N5O3S. The molecule has 0 unspecified atom stereocenters. The maximum absolute atomic E-state index is 11.1. The number of aromatic nitrogens is 2. The molecule has 0 atom stereocenters. The predicted molar refractivity (Wildman–Crippen MR) is 150 cm³/mol. The van der Waals surface area contributed by atoms with Crippen molar-refractivity contribution in [3.8, 4) is 16.3 Å². The number of nitrogens with zero attached hydrogens (tertiary/aromatic N) is 3. The van der Waals surface area contributed by atoms with Gasteiger partial charge >= 0.3 is 5.97 Å². The molecule has 8 nitrogen and oxygen atoms in total. The molecule has 1 aliphatic rings. The van der Waals surface area contributed by atoms with Crippen LogP contribution in [-0.2, 0) is 6.42 Å². The molecule has 4 N–H and O–H groups in total. The largest absolute Gasteiger partial charge is 0.491 e.